The summed E-state index contributed by atoms with van der Waals surface area (Å²) in [6.45, 7) is 2.18. The van der Waals surface area contributed by atoms with Crippen LogP contribution in [0.15, 0.2) is 63.4 Å². The molecule has 6 nitrogen and oxygen atoms in total. The summed E-state index contributed by atoms with van der Waals surface area (Å²) < 4.78 is 2.47. The molecule has 2 aromatic heterocycles. The van der Waals surface area contributed by atoms with Crippen LogP contribution in [0.2, 0.25) is 0 Å². The zero-order valence-electron chi connectivity index (χ0n) is 15.6. The number of carbonyl (C=O) groups is 1. The number of benzene rings is 2. The Morgan fingerprint density at radius 2 is 2.00 bits per heavy atom. The van der Waals surface area contributed by atoms with Crippen molar-refractivity contribution in [3.63, 3.8) is 0 Å². The Labute approximate surface area is 179 Å². The first-order valence-corrected chi connectivity index (χ1v) is 10.6. The van der Waals surface area contributed by atoms with Gasteiger partial charge < -0.3 is 5.32 Å². The normalized spacial score (nSPS) is 11.0. The number of fused-ring (bicyclic) bond motifs is 1. The SMILES string of the molecule is Cc1cccc2c(=O)n(CCC(=O)Nc3nc(-c4ccc(Br)cc4)cs3)cnc12. The predicted octanol–water partition coefficient (Wildman–Crippen LogP) is 4.62. The third kappa shape index (κ3) is 4.28. The highest BCUT2D eigenvalue weighted by atomic mass is 79.9. The minimum atomic E-state index is -0.196. The Kier molecular flexibility index (Phi) is 5.55. The van der Waals surface area contributed by atoms with E-state index in [9.17, 15) is 9.59 Å². The van der Waals surface area contributed by atoms with Crippen molar-refractivity contribution in [1.29, 1.82) is 0 Å². The molecule has 4 aromatic rings. The Balaban J connectivity index is 1.42. The zero-order valence-corrected chi connectivity index (χ0v) is 18.0. The van der Waals surface area contributed by atoms with Crippen LogP contribution in [-0.4, -0.2) is 20.4 Å². The fourth-order valence-electron chi connectivity index (χ4n) is 2.98. The number of hydrogen-bond acceptors (Lipinski definition) is 5. The lowest BCUT2D eigenvalue weighted by atomic mass is 10.1. The molecule has 0 aliphatic rings. The third-order valence-corrected chi connectivity index (χ3v) is 5.81. The molecule has 29 heavy (non-hydrogen) atoms. The van der Waals surface area contributed by atoms with Gasteiger partial charge in [0.15, 0.2) is 5.13 Å². The molecule has 2 aromatic carbocycles. The topological polar surface area (TPSA) is 76.9 Å². The number of aromatic nitrogens is 3. The van der Waals surface area contributed by atoms with Crippen molar-refractivity contribution in [3.8, 4) is 11.3 Å². The number of thiazole rings is 1. The van der Waals surface area contributed by atoms with Crippen LogP contribution in [0.3, 0.4) is 0 Å². The first-order chi connectivity index (χ1) is 14.0. The van der Waals surface area contributed by atoms with E-state index in [1.165, 1.54) is 22.2 Å². The summed E-state index contributed by atoms with van der Waals surface area (Å²) in [5.74, 6) is -0.196. The molecule has 8 heteroatoms. The van der Waals surface area contributed by atoms with Crippen LogP contribution in [0.1, 0.15) is 12.0 Å². The molecule has 0 fully saturated rings. The highest BCUT2D eigenvalue weighted by Crippen LogP contribution is 2.26. The van der Waals surface area contributed by atoms with E-state index in [0.717, 1.165) is 21.3 Å². The Morgan fingerprint density at radius 1 is 1.21 bits per heavy atom. The van der Waals surface area contributed by atoms with Crippen LogP contribution in [0.5, 0.6) is 0 Å². The Morgan fingerprint density at radius 3 is 2.79 bits per heavy atom. The molecule has 0 bridgehead atoms. The molecule has 0 atom stereocenters. The van der Waals surface area contributed by atoms with E-state index in [4.69, 9.17) is 0 Å². The van der Waals surface area contributed by atoms with E-state index < -0.39 is 0 Å². The summed E-state index contributed by atoms with van der Waals surface area (Å²) in [4.78, 5) is 33.8. The summed E-state index contributed by atoms with van der Waals surface area (Å²) in [6.07, 6.45) is 1.66. The summed E-state index contributed by atoms with van der Waals surface area (Å²) >= 11 is 4.78. The Bertz CT molecular complexity index is 1250. The molecule has 0 saturated carbocycles. The highest BCUT2D eigenvalue weighted by molar-refractivity contribution is 9.10. The van der Waals surface area contributed by atoms with Crippen LogP contribution < -0.4 is 10.9 Å². The van der Waals surface area contributed by atoms with E-state index in [-0.39, 0.29) is 24.4 Å². The maximum atomic E-state index is 12.6. The molecule has 0 aliphatic carbocycles. The number of carbonyl (C=O) groups excluding carboxylic acids is 1. The zero-order chi connectivity index (χ0) is 20.4. The average Bonchev–Trinajstić information content (AvgIpc) is 3.17. The van der Waals surface area contributed by atoms with Gasteiger partial charge >= 0.3 is 0 Å². The second-order valence-corrected chi connectivity index (χ2v) is 8.33. The van der Waals surface area contributed by atoms with Crippen molar-refractivity contribution in [2.24, 2.45) is 0 Å². The molecule has 0 radical (unpaired) electrons. The minimum absolute atomic E-state index is 0.140. The van der Waals surface area contributed by atoms with Gasteiger partial charge in [-0.1, -0.05) is 40.2 Å². The first-order valence-electron chi connectivity index (χ1n) is 8.97. The van der Waals surface area contributed by atoms with Crippen LogP contribution in [0.4, 0.5) is 5.13 Å². The molecule has 146 valence electrons. The number of nitrogens with one attached hydrogen (secondary N) is 1. The fraction of sp³-hybridized carbons (Fsp3) is 0.143. The largest absolute Gasteiger partial charge is 0.302 e. The standard InChI is InChI=1S/C21H17BrN4O2S/c1-13-3-2-4-16-19(13)23-12-26(20(16)28)10-9-18(27)25-21-24-17(11-29-21)14-5-7-15(22)8-6-14/h2-8,11-12H,9-10H2,1H3,(H,24,25,27). The second kappa shape index (κ2) is 8.26. The lowest BCUT2D eigenvalue weighted by Crippen LogP contribution is -2.23. The van der Waals surface area contributed by atoms with Gasteiger partial charge in [0, 0.05) is 28.4 Å². The van der Waals surface area contributed by atoms with Crippen molar-refractivity contribution in [1.82, 2.24) is 14.5 Å². The van der Waals surface area contributed by atoms with Crippen LogP contribution in [-0.2, 0) is 11.3 Å². The van der Waals surface area contributed by atoms with Gasteiger partial charge in [0.05, 0.1) is 22.9 Å². The molecule has 1 N–H and O–H groups in total. The van der Waals surface area contributed by atoms with E-state index in [0.29, 0.717) is 16.0 Å². The van der Waals surface area contributed by atoms with Gasteiger partial charge in [-0.3, -0.25) is 14.2 Å². The van der Waals surface area contributed by atoms with Crippen molar-refractivity contribution in [2.45, 2.75) is 19.9 Å². The number of rotatable bonds is 5. The Hall–Kier alpha value is -2.84. The number of hydrogen-bond donors (Lipinski definition) is 1. The van der Waals surface area contributed by atoms with Crippen molar-refractivity contribution < 1.29 is 4.79 Å². The monoisotopic (exact) mass is 468 g/mol. The van der Waals surface area contributed by atoms with Gasteiger partial charge in [-0.2, -0.15) is 0 Å². The van der Waals surface area contributed by atoms with Crippen LogP contribution >= 0.6 is 27.3 Å². The molecule has 0 aliphatic heterocycles. The van der Waals surface area contributed by atoms with Gasteiger partial charge in [-0.25, -0.2) is 9.97 Å². The van der Waals surface area contributed by atoms with Crippen molar-refractivity contribution >= 4 is 49.2 Å². The molecule has 1 amide bonds. The molecule has 0 unspecified atom stereocenters. The van der Waals surface area contributed by atoms with Crippen LogP contribution in [0, 0.1) is 6.92 Å². The summed E-state index contributed by atoms with van der Waals surface area (Å²) in [6, 6.07) is 13.3. The van der Waals surface area contributed by atoms with Gasteiger partial charge in [0.25, 0.3) is 5.56 Å². The van der Waals surface area contributed by atoms with Gasteiger partial charge in [0.2, 0.25) is 5.91 Å². The predicted molar refractivity (Wildman–Crippen MR) is 119 cm³/mol. The second-order valence-electron chi connectivity index (χ2n) is 6.56. The molecule has 2 heterocycles. The summed E-state index contributed by atoms with van der Waals surface area (Å²) in [5.41, 5.74) is 3.30. The minimum Gasteiger partial charge on any atom is -0.302 e. The average molecular weight is 469 g/mol. The summed E-state index contributed by atoms with van der Waals surface area (Å²) in [5, 5.41) is 5.80. The number of aryl methyl sites for hydroxylation is 2. The fourth-order valence-corrected chi connectivity index (χ4v) is 3.99. The van der Waals surface area contributed by atoms with Crippen molar-refractivity contribution in [2.75, 3.05) is 5.32 Å². The maximum Gasteiger partial charge on any atom is 0.261 e. The highest BCUT2D eigenvalue weighted by Gasteiger charge is 2.10. The quantitative estimate of drug-likeness (QED) is 0.463. The maximum absolute atomic E-state index is 12.6. The molecular formula is C21H17BrN4O2S. The van der Waals surface area contributed by atoms with E-state index in [2.05, 4.69) is 31.2 Å². The number of para-hydroxylation sites is 1. The van der Waals surface area contributed by atoms with Crippen molar-refractivity contribution in [3.05, 3.63) is 74.6 Å². The van der Waals surface area contributed by atoms with E-state index in [1.54, 1.807) is 6.07 Å². The first kappa shape index (κ1) is 19.5. The van der Waals surface area contributed by atoms with Gasteiger partial charge in [-0.15, -0.1) is 11.3 Å². The number of anilines is 1. The van der Waals surface area contributed by atoms with E-state index >= 15 is 0 Å². The molecule has 0 spiro atoms. The van der Waals surface area contributed by atoms with Gasteiger partial charge in [0.1, 0.15) is 0 Å². The molecule has 0 saturated heterocycles. The number of nitrogens with zero attached hydrogens (tertiary/aromatic N) is 3. The number of halogens is 1. The van der Waals surface area contributed by atoms with Crippen LogP contribution in [0.25, 0.3) is 22.2 Å². The van der Waals surface area contributed by atoms with Gasteiger partial charge in [-0.05, 0) is 30.7 Å². The lowest BCUT2D eigenvalue weighted by Gasteiger charge is -2.07. The smallest absolute Gasteiger partial charge is 0.261 e. The summed E-state index contributed by atoms with van der Waals surface area (Å²) in [7, 11) is 0. The molecule has 4 rings (SSSR count). The molecular weight excluding hydrogens is 452 g/mol. The van der Waals surface area contributed by atoms with E-state index in [1.807, 2.05) is 48.7 Å². The lowest BCUT2D eigenvalue weighted by molar-refractivity contribution is -0.116. The number of amides is 1. The third-order valence-electron chi connectivity index (χ3n) is 4.53.